The summed E-state index contributed by atoms with van der Waals surface area (Å²) in [5, 5.41) is 8.52. The van der Waals surface area contributed by atoms with Crippen molar-refractivity contribution in [3.05, 3.63) is 59.7 Å². The molecular weight excluding hydrogens is 286 g/mol. The Hall–Kier alpha value is -3.24. The molecule has 0 spiro atoms. The molecule has 0 aromatic heterocycles. The molecular formula is C16H11NO5. The van der Waals surface area contributed by atoms with Gasteiger partial charge in [-0.1, -0.05) is 0 Å². The van der Waals surface area contributed by atoms with Gasteiger partial charge in [0.15, 0.2) is 12.4 Å². The zero-order chi connectivity index (χ0) is 15.9. The smallest absolute Gasteiger partial charge is 0.341 e. The lowest BCUT2D eigenvalue weighted by molar-refractivity contribution is -0.139. The number of rotatable bonds is 6. The Balaban J connectivity index is 2.11. The molecule has 0 aliphatic carbocycles. The normalized spacial score (nSPS) is 9.64. The van der Waals surface area contributed by atoms with Gasteiger partial charge in [-0.25, -0.2) is 9.59 Å². The van der Waals surface area contributed by atoms with E-state index in [0.717, 1.165) is 0 Å². The molecule has 0 atom stereocenters. The summed E-state index contributed by atoms with van der Waals surface area (Å²) in [4.78, 5) is 36.2. The Kier molecular flexibility index (Phi) is 4.80. The lowest BCUT2D eigenvalue weighted by atomic mass is 10.0. The Morgan fingerprint density at radius 1 is 1.00 bits per heavy atom. The standard InChI is InChI=1S/C16H11NO5/c18-10-17-13-5-1-11(2-6-13)16(21)12-3-7-14(8-4-12)22-9-15(19)20/h1-8H,9H2,(H,19,20). The van der Waals surface area contributed by atoms with Crippen LogP contribution < -0.4 is 4.74 Å². The molecule has 2 aromatic rings. The van der Waals surface area contributed by atoms with E-state index in [4.69, 9.17) is 9.84 Å². The molecule has 110 valence electrons. The first kappa shape index (κ1) is 15.2. The van der Waals surface area contributed by atoms with Crippen molar-refractivity contribution in [2.24, 2.45) is 4.99 Å². The van der Waals surface area contributed by atoms with Gasteiger partial charge in [0.05, 0.1) is 5.69 Å². The van der Waals surface area contributed by atoms with Crippen molar-refractivity contribution in [3.8, 4) is 5.75 Å². The summed E-state index contributed by atoms with van der Waals surface area (Å²) in [6.45, 7) is -0.438. The molecule has 0 aliphatic rings. The second-order valence-corrected chi connectivity index (χ2v) is 4.29. The van der Waals surface area contributed by atoms with E-state index < -0.39 is 12.6 Å². The number of benzene rings is 2. The molecule has 0 radical (unpaired) electrons. The molecule has 0 aliphatic heterocycles. The Labute approximate surface area is 125 Å². The molecule has 0 amide bonds. The van der Waals surface area contributed by atoms with Gasteiger partial charge in [-0.3, -0.25) is 4.79 Å². The van der Waals surface area contributed by atoms with Crippen molar-refractivity contribution in [2.75, 3.05) is 6.61 Å². The van der Waals surface area contributed by atoms with Crippen molar-refractivity contribution < 1.29 is 24.2 Å². The zero-order valence-electron chi connectivity index (χ0n) is 11.4. The van der Waals surface area contributed by atoms with Crippen molar-refractivity contribution in [1.82, 2.24) is 0 Å². The molecule has 0 bridgehead atoms. The summed E-state index contributed by atoms with van der Waals surface area (Å²) in [6, 6.07) is 12.4. The first-order chi connectivity index (χ1) is 10.6. The Morgan fingerprint density at radius 3 is 2.05 bits per heavy atom. The third-order valence-corrected chi connectivity index (χ3v) is 2.78. The van der Waals surface area contributed by atoms with Gasteiger partial charge in [0.25, 0.3) is 0 Å². The number of ketones is 1. The first-order valence-electron chi connectivity index (χ1n) is 6.27. The Morgan fingerprint density at radius 2 is 1.55 bits per heavy atom. The monoisotopic (exact) mass is 297 g/mol. The van der Waals surface area contributed by atoms with E-state index in [9.17, 15) is 14.4 Å². The molecule has 0 heterocycles. The van der Waals surface area contributed by atoms with Gasteiger partial charge in [-0.05, 0) is 48.5 Å². The van der Waals surface area contributed by atoms with Gasteiger partial charge >= 0.3 is 5.97 Å². The fraction of sp³-hybridized carbons (Fsp3) is 0.0625. The number of aliphatic carboxylic acids is 1. The highest BCUT2D eigenvalue weighted by Crippen LogP contribution is 2.18. The van der Waals surface area contributed by atoms with Crippen LogP contribution in [-0.2, 0) is 9.59 Å². The molecule has 2 aromatic carbocycles. The quantitative estimate of drug-likeness (QED) is 0.502. The topological polar surface area (TPSA) is 93.0 Å². The molecule has 22 heavy (non-hydrogen) atoms. The van der Waals surface area contributed by atoms with Crippen LogP contribution in [0.4, 0.5) is 5.69 Å². The van der Waals surface area contributed by atoms with E-state index in [1.165, 1.54) is 18.2 Å². The summed E-state index contributed by atoms with van der Waals surface area (Å²) < 4.78 is 4.99. The van der Waals surface area contributed by atoms with E-state index in [0.29, 0.717) is 22.6 Å². The van der Waals surface area contributed by atoms with Crippen LogP contribution in [0.25, 0.3) is 0 Å². The minimum Gasteiger partial charge on any atom is -0.482 e. The van der Waals surface area contributed by atoms with Crippen molar-refractivity contribution in [3.63, 3.8) is 0 Å². The Bertz CT molecular complexity index is 728. The fourth-order valence-corrected chi connectivity index (χ4v) is 1.75. The summed E-state index contributed by atoms with van der Waals surface area (Å²) in [5.41, 5.74) is 1.31. The number of aliphatic imine (C=N–C) groups is 1. The molecule has 1 N–H and O–H groups in total. The number of hydrogen-bond donors (Lipinski definition) is 1. The number of carboxylic acids is 1. The summed E-state index contributed by atoms with van der Waals surface area (Å²) >= 11 is 0. The lowest BCUT2D eigenvalue weighted by Crippen LogP contribution is -2.09. The van der Waals surface area contributed by atoms with Crippen LogP contribution >= 0.6 is 0 Å². The van der Waals surface area contributed by atoms with E-state index in [-0.39, 0.29) is 5.78 Å². The highest BCUT2D eigenvalue weighted by Gasteiger charge is 2.09. The molecule has 6 heteroatoms. The fourth-order valence-electron chi connectivity index (χ4n) is 1.75. The number of carbonyl (C=O) groups excluding carboxylic acids is 2. The number of isocyanates is 1. The largest absolute Gasteiger partial charge is 0.482 e. The lowest BCUT2D eigenvalue weighted by Gasteiger charge is -2.05. The van der Waals surface area contributed by atoms with Crippen LogP contribution in [0.1, 0.15) is 15.9 Å². The number of nitrogens with zero attached hydrogens (tertiary/aromatic N) is 1. The molecule has 6 nitrogen and oxygen atoms in total. The maximum absolute atomic E-state index is 12.2. The van der Waals surface area contributed by atoms with Crippen LogP contribution in [-0.4, -0.2) is 29.5 Å². The second-order valence-electron chi connectivity index (χ2n) is 4.29. The predicted molar refractivity (Wildman–Crippen MR) is 77.2 cm³/mol. The van der Waals surface area contributed by atoms with Gasteiger partial charge in [0.2, 0.25) is 6.08 Å². The van der Waals surface area contributed by atoms with Crippen molar-refractivity contribution in [1.29, 1.82) is 0 Å². The predicted octanol–water partition coefficient (Wildman–Crippen LogP) is 2.35. The van der Waals surface area contributed by atoms with E-state index in [1.54, 1.807) is 36.4 Å². The van der Waals surface area contributed by atoms with Crippen LogP contribution in [0.5, 0.6) is 5.75 Å². The van der Waals surface area contributed by atoms with Gasteiger partial charge < -0.3 is 9.84 Å². The molecule has 0 unspecified atom stereocenters. The van der Waals surface area contributed by atoms with Crippen LogP contribution in [0, 0.1) is 0 Å². The molecule has 0 saturated carbocycles. The average Bonchev–Trinajstić information content (AvgIpc) is 2.54. The summed E-state index contributed by atoms with van der Waals surface area (Å²) in [6.07, 6.45) is 1.42. The van der Waals surface area contributed by atoms with Gasteiger partial charge in [0.1, 0.15) is 5.75 Å². The number of hydrogen-bond acceptors (Lipinski definition) is 5. The van der Waals surface area contributed by atoms with E-state index in [2.05, 4.69) is 4.99 Å². The maximum atomic E-state index is 12.2. The van der Waals surface area contributed by atoms with E-state index in [1.807, 2.05) is 0 Å². The number of ether oxygens (including phenoxy) is 1. The minimum atomic E-state index is -1.07. The van der Waals surface area contributed by atoms with Crippen LogP contribution in [0.2, 0.25) is 0 Å². The maximum Gasteiger partial charge on any atom is 0.341 e. The van der Waals surface area contributed by atoms with E-state index >= 15 is 0 Å². The molecule has 0 saturated heterocycles. The third kappa shape index (κ3) is 3.88. The average molecular weight is 297 g/mol. The molecule has 2 rings (SSSR count). The van der Waals surface area contributed by atoms with Gasteiger partial charge in [-0.2, -0.15) is 4.99 Å². The zero-order valence-corrected chi connectivity index (χ0v) is 11.4. The summed E-state index contributed by atoms with van der Waals surface area (Å²) in [7, 11) is 0. The molecule has 0 fully saturated rings. The summed E-state index contributed by atoms with van der Waals surface area (Å²) in [5.74, 6) is -0.903. The van der Waals surface area contributed by atoms with Crippen LogP contribution in [0.3, 0.4) is 0 Å². The minimum absolute atomic E-state index is 0.202. The highest BCUT2D eigenvalue weighted by atomic mass is 16.5. The third-order valence-electron chi connectivity index (χ3n) is 2.78. The van der Waals surface area contributed by atoms with Crippen molar-refractivity contribution in [2.45, 2.75) is 0 Å². The number of carbonyl (C=O) groups is 2. The van der Waals surface area contributed by atoms with Crippen molar-refractivity contribution >= 4 is 23.5 Å². The second kappa shape index (κ2) is 6.97. The number of carboxylic acid groups (broad SMARTS) is 1. The van der Waals surface area contributed by atoms with Gasteiger partial charge in [-0.15, -0.1) is 0 Å². The first-order valence-corrected chi connectivity index (χ1v) is 6.27. The van der Waals surface area contributed by atoms with Crippen LogP contribution in [0.15, 0.2) is 53.5 Å². The van der Waals surface area contributed by atoms with Gasteiger partial charge in [0, 0.05) is 11.1 Å². The highest BCUT2D eigenvalue weighted by molar-refractivity contribution is 6.09. The SMILES string of the molecule is O=C=Nc1ccc(C(=O)c2ccc(OCC(=O)O)cc2)cc1.